The highest BCUT2D eigenvalue weighted by Crippen LogP contribution is 2.21. The van der Waals surface area contributed by atoms with E-state index in [4.69, 9.17) is 5.73 Å². The molecule has 1 rings (SSSR count). The molecule has 0 aromatic rings. The number of hydrogen-bond acceptors (Lipinski definition) is 3. The molecule has 17 heavy (non-hydrogen) atoms. The van der Waals surface area contributed by atoms with Crippen LogP contribution in [0.1, 0.15) is 39.5 Å². The number of carbonyl (C=O) groups excluding carboxylic acids is 1. The zero-order valence-corrected chi connectivity index (χ0v) is 11.2. The third kappa shape index (κ3) is 4.64. The summed E-state index contributed by atoms with van der Waals surface area (Å²) in [5.74, 6) is 0.935. The van der Waals surface area contributed by atoms with E-state index in [1.165, 1.54) is 12.8 Å². The molecule has 4 nitrogen and oxygen atoms in total. The van der Waals surface area contributed by atoms with E-state index in [1.807, 2.05) is 0 Å². The lowest BCUT2D eigenvalue weighted by Gasteiger charge is -2.26. The third-order valence-electron chi connectivity index (χ3n) is 3.68. The van der Waals surface area contributed by atoms with Crippen molar-refractivity contribution in [2.24, 2.45) is 11.7 Å². The largest absolute Gasteiger partial charge is 0.356 e. The summed E-state index contributed by atoms with van der Waals surface area (Å²) in [7, 11) is 0. The first-order valence-electron chi connectivity index (χ1n) is 6.92. The lowest BCUT2D eigenvalue weighted by molar-refractivity contribution is -0.122. The lowest BCUT2D eigenvalue weighted by Crippen LogP contribution is -2.43. The number of rotatable bonds is 7. The number of carbonyl (C=O) groups is 1. The molecule has 0 aliphatic carbocycles. The topological polar surface area (TPSA) is 58.4 Å². The van der Waals surface area contributed by atoms with Crippen LogP contribution in [0.15, 0.2) is 0 Å². The van der Waals surface area contributed by atoms with E-state index in [1.54, 1.807) is 0 Å². The van der Waals surface area contributed by atoms with Gasteiger partial charge in [0, 0.05) is 32.1 Å². The summed E-state index contributed by atoms with van der Waals surface area (Å²) in [5.41, 5.74) is 5.79. The van der Waals surface area contributed by atoms with Crippen LogP contribution in [0.5, 0.6) is 0 Å². The van der Waals surface area contributed by atoms with E-state index in [0.29, 0.717) is 13.0 Å². The van der Waals surface area contributed by atoms with Gasteiger partial charge in [0.1, 0.15) is 0 Å². The third-order valence-corrected chi connectivity index (χ3v) is 3.68. The number of nitrogens with zero attached hydrogens (tertiary/aromatic N) is 1. The van der Waals surface area contributed by atoms with E-state index in [9.17, 15) is 4.79 Å². The van der Waals surface area contributed by atoms with Gasteiger partial charge in [-0.3, -0.25) is 9.69 Å². The Hall–Kier alpha value is -0.610. The predicted octanol–water partition coefficient (Wildman–Crippen LogP) is 0.962. The molecule has 1 fully saturated rings. The molecule has 1 aliphatic heterocycles. The molecule has 1 saturated heterocycles. The van der Waals surface area contributed by atoms with E-state index < -0.39 is 0 Å². The second-order valence-electron chi connectivity index (χ2n) is 5.00. The number of likely N-dealkylation sites (tertiary alicyclic amines) is 1. The molecule has 0 radical (unpaired) electrons. The molecule has 1 amide bonds. The Kier molecular flexibility index (Phi) is 6.52. The molecule has 1 aliphatic rings. The quantitative estimate of drug-likeness (QED) is 0.698. The Balaban J connectivity index is 2.35. The van der Waals surface area contributed by atoms with Crippen molar-refractivity contribution < 1.29 is 4.79 Å². The lowest BCUT2D eigenvalue weighted by atomic mass is 10.1. The fraction of sp³-hybridized carbons (Fsp3) is 0.923. The van der Waals surface area contributed by atoms with Crippen LogP contribution in [0.3, 0.4) is 0 Å². The van der Waals surface area contributed by atoms with Crippen molar-refractivity contribution in [1.29, 1.82) is 0 Å². The van der Waals surface area contributed by atoms with Gasteiger partial charge in [0.2, 0.25) is 5.91 Å². The van der Waals surface area contributed by atoms with Gasteiger partial charge in [-0.2, -0.15) is 0 Å². The molecule has 4 heteroatoms. The summed E-state index contributed by atoms with van der Waals surface area (Å²) in [6.45, 7) is 7.86. The highest BCUT2D eigenvalue weighted by atomic mass is 16.1. The average molecular weight is 241 g/mol. The van der Waals surface area contributed by atoms with Crippen LogP contribution in [-0.4, -0.2) is 43.0 Å². The molecular formula is C13H27N3O. The van der Waals surface area contributed by atoms with Gasteiger partial charge in [-0.15, -0.1) is 0 Å². The minimum atomic E-state index is 0.141. The second-order valence-corrected chi connectivity index (χ2v) is 5.00. The van der Waals surface area contributed by atoms with Crippen LogP contribution in [0.25, 0.3) is 0 Å². The van der Waals surface area contributed by atoms with Crippen LogP contribution in [0, 0.1) is 5.92 Å². The Bertz CT molecular complexity index is 233. The highest BCUT2D eigenvalue weighted by Gasteiger charge is 2.27. The van der Waals surface area contributed by atoms with E-state index in [-0.39, 0.29) is 11.9 Å². The molecule has 0 bridgehead atoms. The molecule has 2 unspecified atom stereocenters. The second kappa shape index (κ2) is 7.67. The summed E-state index contributed by atoms with van der Waals surface area (Å²) in [4.78, 5) is 14.1. The van der Waals surface area contributed by atoms with Crippen molar-refractivity contribution in [2.45, 2.75) is 45.6 Å². The fourth-order valence-corrected chi connectivity index (χ4v) is 2.44. The van der Waals surface area contributed by atoms with Gasteiger partial charge < -0.3 is 11.1 Å². The SMILES string of the molecule is CCCNC(=O)CC(CN)N1CCC(CC)C1. The standard InChI is InChI=1S/C13H27N3O/c1-3-6-15-13(17)8-12(9-14)16-7-5-11(4-2)10-16/h11-12H,3-10,14H2,1-2H3,(H,15,17). The monoisotopic (exact) mass is 241 g/mol. The maximum atomic E-state index is 11.7. The van der Waals surface area contributed by atoms with E-state index >= 15 is 0 Å². The molecule has 0 aromatic heterocycles. The van der Waals surface area contributed by atoms with Gasteiger partial charge in [0.15, 0.2) is 0 Å². The minimum Gasteiger partial charge on any atom is -0.356 e. The maximum absolute atomic E-state index is 11.7. The Morgan fingerprint density at radius 1 is 1.53 bits per heavy atom. The zero-order chi connectivity index (χ0) is 12.7. The van der Waals surface area contributed by atoms with Gasteiger partial charge in [0.05, 0.1) is 0 Å². The molecule has 0 spiro atoms. The van der Waals surface area contributed by atoms with Crippen LogP contribution in [0.2, 0.25) is 0 Å². The number of hydrogen-bond donors (Lipinski definition) is 2. The summed E-state index contributed by atoms with van der Waals surface area (Å²) < 4.78 is 0. The fourth-order valence-electron chi connectivity index (χ4n) is 2.44. The van der Waals surface area contributed by atoms with Gasteiger partial charge in [-0.25, -0.2) is 0 Å². The minimum absolute atomic E-state index is 0.141. The highest BCUT2D eigenvalue weighted by molar-refractivity contribution is 5.76. The number of amides is 1. The predicted molar refractivity (Wildman–Crippen MR) is 70.7 cm³/mol. The van der Waals surface area contributed by atoms with Gasteiger partial charge >= 0.3 is 0 Å². The zero-order valence-electron chi connectivity index (χ0n) is 11.2. The molecule has 0 saturated carbocycles. The first-order chi connectivity index (χ1) is 8.21. The van der Waals surface area contributed by atoms with Crippen molar-refractivity contribution in [2.75, 3.05) is 26.2 Å². The van der Waals surface area contributed by atoms with Crippen molar-refractivity contribution >= 4 is 5.91 Å². The molecule has 1 heterocycles. The Labute approximate surface area is 105 Å². The van der Waals surface area contributed by atoms with E-state index in [2.05, 4.69) is 24.1 Å². The van der Waals surface area contributed by atoms with Crippen molar-refractivity contribution in [3.05, 3.63) is 0 Å². The van der Waals surface area contributed by atoms with Gasteiger partial charge in [-0.1, -0.05) is 20.3 Å². The van der Waals surface area contributed by atoms with Gasteiger partial charge in [-0.05, 0) is 25.3 Å². The normalized spacial score (nSPS) is 22.6. The summed E-state index contributed by atoms with van der Waals surface area (Å²) in [6.07, 6.45) is 4.02. The summed E-state index contributed by atoms with van der Waals surface area (Å²) >= 11 is 0. The molecular weight excluding hydrogens is 214 g/mol. The number of nitrogens with two attached hydrogens (primary N) is 1. The summed E-state index contributed by atoms with van der Waals surface area (Å²) in [5, 5.41) is 2.92. The Morgan fingerprint density at radius 3 is 2.82 bits per heavy atom. The molecule has 0 aromatic carbocycles. The number of nitrogens with one attached hydrogen (secondary N) is 1. The first kappa shape index (κ1) is 14.5. The molecule has 2 atom stereocenters. The van der Waals surface area contributed by atoms with Crippen LogP contribution in [0.4, 0.5) is 0 Å². The maximum Gasteiger partial charge on any atom is 0.221 e. The van der Waals surface area contributed by atoms with Crippen molar-refractivity contribution in [3.63, 3.8) is 0 Å². The summed E-state index contributed by atoms with van der Waals surface area (Å²) in [6, 6.07) is 0.225. The van der Waals surface area contributed by atoms with Crippen molar-refractivity contribution in [1.82, 2.24) is 10.2 Å². The van der Waals surface area contributed by atoms with Crippen molar-refractivity contribution in [3.8, 4) is 0 Å². The van der Waals surface area contributed by atoms with E-state index in [0.717, 1.165) is 32.0 Å². The molecule has 3 N–H and O–H groups in total. The van der Waals surface area contributed by atoms with Crippen LogP contribution < -0.4 is 11.1 Å². The average Bonchev–Trinajstić information content (AvgIpc) is 2.82. The van der Waals surface area contributed by atoms with Crippen LogP contribution >= 0.6 is 0 Å². The van der Waals surface area contributed by atoms with Crippen LogP contribution in [-0.2, 0) is 4.79 Å². The van der Waals surface area contributed by atoms with Gasteiger partial charge in [0.25, 0.3) is 0 Å². The first-order valence-corrected chi connectivity index (χ1v) is 6.92. The molecule has 100 valence electrons. The smallest absolute Gasteiger partial charge is 0.221 e. The Morgan fingerprint density at radius 2 is 2.29 bits per heavy atom.